The summed E-state index contributed by atoms with van der Waals surface area (Å²) >= 11 is 0. The molecule has 0 aromatic heterocycles. The maximum absolute atomic E-state index is 11.8. The Balaban J connectivity index is 1.63. The van der Waals surface area contributed by atoms with E-state index in [1.807, 2.05) is 0 Å². The van der Waals surface area contributed by atoms with E-state index in [4.69, 9.17) is 9.47 Å². The van der Waals surface area contributed by atoms with Crippen LogP contribution in [0.4, 0.5) is 4.79 Å². The summed E-state index contributed by atoms with van der Waals surface area (Å²) in [6, 6.07) is 6.59. The number of ether oxygens (including phenoxy) is 2. The maximum atomic E-state index is 11.8. The third-order valence-electron chi connectivity index (χ3n) is 4.11. The van der Waals surface area contributed by atoms with Gasteiger partial charge in [0.2, 0.25) is 0 Å². The molecule has 0 spiro atoms. The molecule has 0 unspecified atom stereocenters. The summed E-state index contributed by atoms with van der Waals surface area (Å²) in [6.07, 6.45) is 6.56. The number of carbonyl (C=O) groups excluding carboxylic acids is 2. The lowest BCUT2D eigenvalue weighted by Gasteiger charge is -2.21. The van der Waals surface area contributed by atoms with Crippen molar-refractivity contribution < 1.29 is 19.1 Å². The number of methoxy groups -OCH3 is 1. The molecule has 1 aliphatic rings. The zero-order chi connectivity index (χ0) is 16.5. The molecule has 0 aliphatic heterocycles. The van der Waals surface area contributed by atoms with Crippen LogP contribution in [0.1, 0.15) is 48.9 Å². The van der Waals surface area contributed by atoms with Crippen molar-refractivity contribution in [2.75, 3.05) is 13.7 Å². The van der Waals surface area contributed by atoms with Gasteiger partial charge in [-0.1, -0.05) is 32.1 Å². The average Bonchev–Trinajstić information content (AvgIpc) is 2.60. The van der Waals surface area contributed by atoms with Gasteiger partial charge in [-0.25, -0.2) is 10.2 Å². The molecule has 0 radical (unpaired) electrons. The molecule has 6 nitrogen and oxygen atoms in total. The zero-order valence-electron chi connectivity index (χ0n) is 13.5. The molecular formula is C17H24N2O4. The first kappa shape index (κ1) is 17.1. The second-order valence-corrected chi connectivity index (χ2v) is 5.74. The summed E-state index contributed by atoms with van der Waals surface area (Å²) in [6.45, 7) is 0.384. The van der Waals surface area contributed by atoms with Gasteiger partial charge in [-0.15, -0.1) is 0 Å². The van der Waals surface area contributed by atoms with Crippen LogP contribution in [-0.4, -0.2) is 25.7 Å². The third-order valence-corrected chi connectivity index (χ3v) is 4.11. The lowest BCUT2D eigenvalue weighted by Crippen LogP contribution is -2.42. The normalized spacial score (nSPS) is 14.8. The maximum Gasteiger partial charge on any atom is 0.426 e. The topological polar surface area (TPSA) is 76.7 Å². The Labute approximate surface area is 136 Å². The Morgan fingerprint density at radius 2 is 1.78 bits per heavy atom. The second-order valence-electron chi connectivity index (χ2n) is 5.74. The van der Waals surface area contributed by atoms with Gasteiger partial charge in [0, 0.05) is 5.56 Å². The van der Waals surface area contributed by atoms with E-state index in [1.165, 1.54) is 32.1 Å². The molecule has 0 atom stereocenters. The van der Waals surface area contributed by atoms with Crippen molar-refractivity contribution in [3.8, 4) is 5.75 Å². The number of hydrogen-bond donors (Lipinski definition) is 2. The molecule has 2 N–H and O–H groups in total. The molecule has 1 saturated carbocycles. The van der Waals surface area contributed by atoms with Gasteiger partial charge in [-0.3, -0.25) is 10.2 Å². The third kappa shape index (κ3) is 5.81. The van der Waals surface area contributed by atoms with Crippen molar-refractivity contribution in [3.63, 3.8) is 0 Å². The zero-order valence-corrected chi connectivity index (χ0v) is 13.5. The highest BCUT2D eigenvalue weighted by Crippen LogP contribution is 2.26. The van der Waals surface area contributed by atoms with Crippen molar-refractivity contribution in [1.29, 1.82) is 0 Å². The van der Waals surface area contributed by atoms with Gasteiger partial charge >= 0.3 is 6.09 Å². The summed E-state index contributed by atoms with van der Waals surface area (Å²) < 4.78 is 10.1. The second kappa shape index (κ2) is 9.02. The van der Waals surface area contributed by atoms with E-state index in [0.29, 0.717) is 23.8 Å². The summed E-state index contributed by atoms with van der Waals surface area (Å²) in [4.78, 5) is 23.4. The fraction of sp³-hybridized carbons (Fsp3) is 0.529. The van der Waals surface area contributed by atoms with E-state index in [2.05, 4.69) is 10.9 Å². The van der Waals surface area contributed by atoms with E-state index in [-0.39, 0.29) is 0 Å². The highest BCUT2D eigenvalue weighted by Gasteiger charge is 2.14. The van der Waals surface area contributed by atoms with Gasteiger partial charge < -0.3 is 9.47 Å². The molecule has 1 aromatic carbocycles. The summed E-state index contributed by atoms with van der Waals surface area (Å²) in [5.74, 6) is 0.916. The Bertz CT molecular complexity index is 510. The fourth-order valence-electron chi connectivity index (χ4n) is 2.75. The van der Waals surface area contributed by atoms with Crippen LogP contribution in [0, 0.1) is 5.92 Å². The molecule has 0 saturated heterocycles. The first-order valence-corrected chi connectivity index (χ1v) is 8.06. The largest absolute Gasteiger partial charge is 0.497 e. The smallest absolute Gasteiger partial charge is 0.426 e. The Kier molecular flexibility index (Phi) is 6.72. The van der Waals surface area contributed by atoms with Gasteiger partial charge in [0.05, 0.1) is 13.7 Å². The molecule has 1 aliphatic carbocycles. The van der Waals surface area contributed by atoms with Crippen LogP contribution < -0.4 is 15.6 Å². The Morgan fingerprint density at radius 3 is 2.43 bits per heavy atom. The number of carbonyl (C=O) groups is 2. The molecular weight excluding hydrogens is 296 g/mol. The first-order valence-electron chi connectivity index (χ1n) is 8.06. The highest BCUT2D eigenvalue weighted by molar-refractivity contribution is 5.95. The standard InChI is InChI=1S/C17H24N2O4/c1-22-15-9-7-14(8-10-15)16(20)18-19-17(21)23-12-11-13-5-3-2-4-6-13/h7-10,13H,2-6,11-12H2,1H3,(H,18,20)(H,19,21). The summed E-state index contributed by atoms with van der Waals surface area (Å²) in [7, 11) is 1.56. The number of amides is 2. The number of rotatable bonds is 5. The van der Waals surface area contributed by atoms with E-state index in [1.54, 1.807) is 31.4 Å². The molecule has 1 aromatic rings. The predicted molar refractivity (Wildman–Crippen MR) is 86.1 cm³/mol. The molecule has 0 bridgehead atoms. The summed E-state index contributed by atoms with van der Waals surface area (Å²) in [5.41, 5.74) is 5.00. The molecule has 126 valence electrons. The van der Waals surface area contributed by atoms with Crippen molar-refractivity contribution in [1.82, 2.24) is 10.9 Å². The lowest BCUT2D eigenvalue weighted by atomic mass is 9.87. The van der Waals surface area contributed by atoms with Crippen LogP contribution in [0.2, 0.25) is 0 Å². The van der Waals surface area contributed by atoms with E-state index >= 15 is 0 Å². The lowest BCUT2D eigenvalue weighted by molar-refractivity contribution is 0.0903. The van der Waals surface area contributed by atoms with Gasteiger partial charge in [0.15, 0.2) is 0 Å². The van der Waals surface area contributed by atoms with Crippen molar-refractivity contribution >= 4 is 12.0 Å². The molecule has 23 heavy (non-hydrogen) atoms. The van der Waals surface area contributed by atoms with Crippen LogP contribution in [0.25, 0.3) is 0 Å². The highest BCUT2D eigenvalue weighted by atomic mass is 16.6. The Morgan fingerprint density at radius 1 is 1.09 bits per heavy atom. The molecule has 2 rings (SSSR count). The van der Waals surface area contributed by atoms with Crippen molar-refractivity contribution in [2.24, 2.45) is 5.92 Å². The first-order chi connectivity index (χ1) is 11.2. The van der Waals surface area contributed by atoms with Gasteiger partial charge in [-0.2, -0.15) is 0 Å². The molecule has 0 heterocycles. The van der Waals surface area contributed by atoms with Crippen LogP contribution in [0.5, 0.6) is 5.75 Å². The van der Waals surface area contributed by atoms with E-state index < -0.39 is 12.0 Å². The van der Waals surface area contributed by atoms with Crippen LogP contribution in [-0.2, 0) is 4.74 Å². The predicted octanol–water partition coefficient (Wildman–Crippen LogP) is 3.04. The number of nitrogens with one attached hydrogen (secondary N) is 2. The molecule has 1 fully saturated rings. The monoisotopic (exact) mass is 320 g/mol. The average molecular weight is 320 g/mol. The van der Waals surface area contributed by atoms with E-state index in [9.17, 15) is 9.59 Å². The molecule has 2 amide bonds. The fourth-order valence-corrected chi connectivity index (χ4v) is 2.75. The van der Waals surface area contributed by atoms with Crippen LogP contribution in [0.3, 0.4) is 0 Å². The minimum atomic E-state index is -0.636. The minimum absolute atomic E-state index is 0.384. The number of benzene rings is 1. The van der Waals surface area contributed by atoms with Crippen LogP contribution in [0.15, 0.2) is 24.3 Å². The van der Waals surface area contributed by atoms with Crippen molar-refractivity contribution in [3.05, 3.63) is 29.8 Å². The van der Waals surface area contributed by atoms with Gasteiger partial charge in [0.25, 0.3) is 5.91 Å². The van der Waals surface area contributed by atoms with Gasteiger partial charge in [0.1, 0.15) is 5.75 Å². The SMILES string of the molecule is COc1ccc(C(=O)NNC(=O)OCCC2CCCCC2)cc1. The minimum Gasteiger partial charge on any atom is -0.497 e. The number of hydrazine groups is 1. The van der Waals surface area contributed by atoms with Gasteiger partial charge in [-0.05, 0) is 36.6 Å². The summed E-state index contributed by atoms with van der Waals surface area (Å²) in [5, 5.41) is 0. The van der Waals surface area contributed by atoms with E-state index in [0.717, 1.165) is 6.42 Å². The van der Waals surface area contributed by atoms with Crippen LogP contribution >= 0.6 is 0 Å². The van der Waals surface area contributed by atoms with Crippen molar-refractivity contribution in [2.45, 2.75) is 38.5 Å². The quantitative estimate of drug-likeness (QED) is 0.818. The Hall–Kier alpha value is -2.24. The number of hydrogen-bond acceptors (Lipinski definition) is 4. The molecule has 6 heteroatoms.